The molecular weight excluding hydrogens is 458 g/mol. The molecule has 3 aromatic rings. The Labute approximate surface area is 192 Å². The molecular formula is C23H21F4N3O2S. The molecule has 0 radical (unpaired) electrons. The number of halogens is 4. The number of pyridine rings is 1. The van der Waals surface area contributed by atoms with Crippen LogP contribution in [0, 0.1) is 5.82 Å². The van der Waals surface area contributed by atoms with Gasteiger partial charge in [-0.05, 0) is 79.6 Å². The van der Waals surface area contributed by atoms with Crippen LogP contribution < -0.4 is 10.2 Å². The van der Waals surface area contributed by atoms with E-state index in [4.69, 9.17) is 0 Å². The molecule has 0 saturated carbocycles. The molecule has 33 heavy (non-hydrogen) atoms. The van der Waals surface area contributed by atoms with Crippen molar-refractivity contribution in [1.29, 1.82) is 0 Å². The van der Waals surface area contributed by atoms with Gasteiger partial charge in [0, 0.05) is 17.4 Å². The van der Waals surface area contributed by atoms with Gasteiger partial charge < -0.3 is 5.32 Å². The van der Waals surface area contributed by atoms with Crippen molar-refractivity contribution in [3.8, 4) is 0 Å². The molecule has 2 heterocycles. The van der Waals surface area contributed by atoms with Gasteiger partial charge in [0.1, 0.15) is 17.6 Å². The van der Waals surface area contributed by atoms with Crippen molar-refractivity contribution >= 4 is 28.8 Å². The molecule has 174 valence electrons. The van der Waals surface area contributed by atoms with Gasteiger partial charge in [-0.1, -0.05) is 0 Å². The normalized spacial score (nSPS) is 12.8. The second-order valence-electron chi connectivity index (χ2n) is 8.28. The first-order chi connectivity index (χ1) is 15.4. The number of aromatic nitrogens is 1. The van der Waals surface area contributed by atoms with Gasteiger partial charge in [-0.2, -0.15) is 24.5 Å². The van der Waals surface area contributed by atoms with E-state index in [1.807, 2.05) is 0 Å². The summed E-state index contributed by atoms with van der Waals surface area (Å²) < 4.78 is 52.3. The molecule has 2 aromatic heterocycles. The van der Waals surface area contributed by atoms with E-state index in [9.17, 15) is 27.2 Å². The number of carbonyl (C=O) groups excluding carboxylic acids is 2. The van der Waals surface area contributed by atoms with Crippen molar-refractivity contribution in [2.45, 2.75) is 38.5 Å². The minimum Gasteiger partial charge on any atom is -0.349 e. The number of rotatable bonds is 5. The number of hydrogen-bond donors (Lipinski definition) is 1. The predicted molar refractivity (Wildman–Crippen MR) is 117 cm³/mol. The average molecular weight is 479 g/mol. The quantitative estimate of drug-likeness (QED) is 0.485. The Morgan fingerprint density at radius 1 is 1.03 bits per heavy atom. The molecule has 0 fully saturated rings. The SMILES string of the molecule is CC(C)(C)NC(=O)C(c1ccsc1)N(C(=O)c1ccc(C(F)(F)F)nc1)c1ccc(F)cc1. The fourth-order valence-electron chi connectivity index (χ4n) is 3.10. The van der Waals surface area contributed by atoms with E-state index in [0.29, 0.717) is 11.6 Å². The molecule has 5 nitrogen and oxygen atoms in total. The van der Waals surface area contributed by atoms with Crippen LogP contribution in [0.5, 0.6) is 0 Å². The lowest BCUT2D eigenvalue weighted by Gasteiger charge is -2.33. The third-order valence-electron chi connectivity index (χ3n) is 4.49. The summed E-state index contributed by atoms with van der Waals surface area (Å²) in [6, 6.07) is 7.14. The highest BCUT2D eigenvalue weighted by molar-refractivity contribution is 7.08. The lowest BCUT2D eigenvalue weighted by Crippen LogP contribution is -2.49. The molecule has 0 aliphatic rings. The summed E-state index contributed by atoms with van der Waals surface area (Å²) in [5.74, 6) is -1.81. The summed E-state index contributed by atoms with van der Waals surface area (Å²) in [6.45, 7) is 5.33. The van der Waals surface area contributed by atoms with Crippen molar-refractivity contribution in [2.24, 2.45) is 0 Å². The number of alkyl halides is 3. The van der Waals surface area contributed by atoms with Crippen LogP contribution in [0.25, 0.3) is 0 Å². The molecule has 0 bridgehead atoms. The summed E-state index contributed by atoms with van der Waals surface area (Å²) in [5.41, 5.74) is -1.23. The fourth-order valence-corrected chi connectivity index (χ4v) is 3.78. The highest BCUT2D eigenvalue weighted by Gasteiger charge is 2.36. The minimum atomic E-state index is -4.66. The highest BCUT2D eigenvalue weighted by atomic mass is 32.1. The van der Waals surface area contributed by atoms with Crippen LogP contribution in [0.15, 0.2) is 59.4 Å². The molecule has 0 saturated heterocycles. The first-order valence-corrected chi connectivity index (χ1v) is 10.8. The summed E-state index contributed by atoms with van der Waals surface area (Å²) in [6.07, 6.45) is -3.85. The topological polar surface area (TPSA) is 62.3 Å². The van der Waals surface area contributed by atoms with Crippen LogP contribution in [-0.2, 0) is 11.0 Å². The van der Waals surface area contributed by atoms with Gasteiger partial charge in [0.25, 0.3) is 5.91 Å². The predicted octanol–water partition coefficient (Wildman–Crippen LogP) is 5.60. The zero-order valence-electron chi connectivity index (χ0n) is 18.0. The average Bonchev–Trinajstić information content (AvgIpc) is 3.24. The monoisotopic (exact) mass is 479 g/mol. The Kier molecular flexibility index (Phi) is 6.87. The third kappa shape index (κ3) is 5.95. The lowest BCUT2D eigenvalue weighted by atomic mass is 10.0. The number of hydrogen-bond acceptors (Lipinski definition) is 4. The summed E-state index contributed by atoms with van der Waals surface area (Å²) >= 11 is 1.32. The lowest BCUT2D eigenvalue weighted by molar-refractivity contribution is -0.141. The summed E-state index contributed by atoms with van der Waals surface area (Å²) in [4.78, 5) is 31.3. The smallest absolute Gasteiger partial charge is 0.349 e. The van der Waals surface area contributed by atoms with Gasteiger partial charge in [0.15, 0.2) is 0 Å². The van der Waals surface area contributed by atoms with E-state index < -0.39 is 41.1 Å². The highest BCUT2D eigenvalue weighted by Crippen LogP contribution is 2.32. The van der Waals surface area contributed by atoms with Crippen molar-refractivity contribution in [1.82, 2.24) is 10.3 Å². The molecule has 3 rings (SSSR count). The van der Waals surface area contributed by atoms with E-state index in [1.54, 1.807) is 37.6 Å². The number of amides is 2. The maximum Gasteiger partial charge on any atom is 0.433 e. The maximum absolute atomic E-state index is 13.6. The van der Waals surface area contributed by atoms with Crippen LogP contribution in [-0.4, -0.2) is 22.3 Å². The summed E-state index contributed by atoms with van der Waals surface area (Å²) in [7, 11) is 0. The first kappa shape index (κ1) is 24.4. The number of thiophene rings is 1. The standard InChI is InChI=1S/C23H21F4N3O2S/c1-22(2,3)29-20(31)19(15-10-11-33-13-15)30(17-7-5-16(24)6-8-17)21(32)14-4-9-18(28-12-14)23(25,26)27/h4-13,19H,1-3H3,(H,29,31). The van der Waals surface area contributed by atoms with E-state index in [0.717, 1.165) is 29.3 Å². The van der Waals surface area contributed by atoms with Gasteiger partial charge in [0.2, 0.25) is 5.91 Å². The van der Waals surface area contributed by atoms with Gasteiger partial charge >= 0.3 is 6.18 Å². The Hall–Kier alpha value is -3.27. The van der Waals surface area contributed by atoms with Crippen LogP contribution in [0.3, 0.4) is 0 Å². The van der Waals surface area contributed by atoms with Crippen molar-refractivity contribution < 1.29 is 27.2 Å². The van der Waals surface area contributed by atoms with Crippen LogP contribution in [0.1, 0.15) is 48.4 Å². The van der Waals surface area contributed by atoms with E-state index in [-0.39, 0.29) is 11.3 Å². The second-order valence-corrected chi connectivity index (χ2v) is 9.06. The number of anilines is 1. The van der Waals surface area contributed by atoms with Gasteiger partial charge in [-0.3, -0.25) is 19.5 Å². The van der Waals surface area contributed by atoms with Crippen LogP contribution >= 0.6 is 11.3 Å². The van der Waals surface area contributed by atoms with E-state index in [2.05, 4.69) is 10.3 Å². The van der Waals surface area contributed by atoms with Crippen molar-refractivity contribution in [3.63, 3.8) is 0 Å². The van der Waals surface area contributed by atoms with E-state index in [1.165, 1.54) is 23.5 Å². The molecule has 0 spiro atoms. The van der Waals surface area contributed by atoms with Gasteiger partial charge in [-0.15, -0.1) is 0 Å². The first-order valence-electron chi connectivity index (χ1n) is 9.83. The molecule has 1 atom stereocenters. The van der Waals surface area contributed by atoms with Crippen molar-refractivity contribution in [2.75, 3.05) is 4.90 Å². The Balaban J connectivity index is 2.12. The molecule has 2 amide bonds. The molecule has 10 heteroatoms. The second kappa shape index (κ2) is 9.30. The largest absolute Gasteiger partial charge is 0.433 e. The third-order valence-corrected chi connectivity index (χ3v) is 5.19. The minimum absolute atomic E-state index is 0.156. The van der Waals surface area contributed by atoms with E-state index >= 15 is 0 Å². The number of nitrogens with one attached hydrogen (secondary N) is 1. The Morgan fingerprint density at radius 3 is 2.18 bits per heavy atom. The number of carbonyl (C=O) groups is 2. The zero-order chi connectivity index (χ0) is 24.4. The Morgan fingerprint density at radius 2 is 1.70 bits per heavy atom. The van der Waals surface area contributed by atoms with Crippen molar-refractivity contribution in [3.05, 3.63) is 82.1 Å². The van der Waals surface area contributed by atoms with Crippen LogP contribution in [0.4, 0.5) is 23.2 Å². The zero-order valence-corrected chi connectivity index (χ0v) is 18.8. The molecule has 1 unspecified atom stereocenters. The van der Waals surface area contributed by atoms with Gasteiger partial charge in [0.05, 0.1) is 5.56 Å². The number of benzene rings is 1. The number of nitrogens with zero attached hydrogens (tertiary/aromatic N) is 2. The molecule has 0 aliphatic heterocycles. The maximum atomic E-state index is 13.6. The van der Waals surface area contributed by atoms with Crippen LogP contribution in [0.2, 0.25) is 0 Å². The molecule has 1 aromatic carbocycles. The fraction of sp³-hybridized carbons (Fsp3) is 0.261. The Bertz CT molecular complexity index is 1110. The summed E-state index contributed by atoms with van der Waals surface area (Å²) in [5, 5.41) is 6.27. The molecule has 1 N–H and O–H groups in total. The van der Waals surface area contributed by atoms with Gasteiger partial charge in [-0.25, -0.2) is 4.39 Å². The molecule has 0 aliphatic carbocycles.